The zero-order valence-corrected chi connectivity index (χ0v) is 11.8. The maximum Gasteiger partial charge on any atom is 0.142 e. The molecular formula is C15H14N2O2S. The predicted molar refractivity (Wildman–Crippen MR) is 81.4 cm³/mol. The minimum atomic E-state index is 0.413. The summed E-state index contributed by atoms with van der Waals surface area (Å²) in [5.74, 6) is 1.52. The maximum atomic E-state index is 5.84. The fourth-order valence-corrected chi connectivity index (χ4v) is 2.80. The molecule has 0 amide bonds. The highest BCUT2D eigenvalue weighted by molar-refractivity contribution is 7.18. The third-order valence-electron chi connectivity index (χ3n) is 2.91. The van der Waals surface area contributed by atoms with E-state index in [-0.39, 0.29) is 0 Å². The lowest BCUT2D eigenvalue weighted by molar-refractivity contribution is 0.307. The summed E-state index contributed by atoms with van der Waals surface area (Å²) in [4.78, 5) is 4.53. The fourth-order valence-electron chi connectivity index (χ4n) is 1.89. The topological polar surface area (TPSA) is 57.4 Å². The second kappa shape index (κ2) is 5.38. The molecule has 0 spiro atoms. The Balaban J connectivity index is 1.79. The number of nitrogens with two attached hydrogens (primary N) is 1. The number of thiazole rings is 1. The lowest BCUT2D eigenvalue weighted by Gasteiger charge is -2.06. The normalized spacial score (nSPS) is 10.7. The first-order chi connectivity index (χ1) is 9.76. The van der Waals surface area contributed by atoms with E-state index in [2.05, 4.69) is 4.98 Å². The maximum absolute atomic E-state index is 5.84. The number of rotatable bonds is 4. The van der Waals surface area contributed by atoms with Gasteiger partial charge in [-0.1, -0.05) is 12.1 Å². The van der Waals surface area contributed by atoms with Crippen molar-refractivity contribution >= 4 is 27.2 Å². The Morgan fingerprint density at radius 1 is 1.20 bits per heavy atom. The van der Waals surface area contributed by atoms with Crippen LogP contribution in [0.3, 0.4) is 0 Å². The zero-order valence-electron chi connectivity index (χ0n) is 11.0. The van der Waals surface area contributed by atoms with Gasteiger partial charge in [-0.15, -0.1) is 11.3 Å². The van der Waals surface area contributed by atoms with Gasteiger partial charge in [0.25, 0.3) is 0 Å². The summed E-state index contributed by atoms with van der Waals surface area (Å²) < 4.78 is 12.0. The Morgan fingerprint density at radius 3 is 2.85 bits per heavy atom. The molecular weight excluding hydrogens is 272 g/mol. The fraction of sp³-hybridized carbons (Fsp3) is 0.133. The standard InChI is InChI=1S/C15H14N2O2S/c1-18-10-6-7-12-14(8-10)20-15(17-12)9-19-13-5-3-2-4-11(13)16/h2-8H,9,16H2,1H3. The molecule has 4 nitrogen and oxygen atoms in total. The molecule has 0 aliphatic carbocycles. The van der Waals surface area contributed by atoms with E-state index < -0.39 is 0 Å². The van der Waals surface area contributed by atoms with Crippen molar-refractivity contribution in [1.82, 2.24) is 4.98 Å². The van der Waals surface area contributed by atoms with Gasteiger partial charge >= 0.3 is 0 Å². The summed E-state index contributed by atoms with van der Waals surface area (Å²) in [6.45, 7) is 0.413. The summed E-state index contributed by atoms with van der Waals surface area (Å²) in [6, 6.07) is 13.3. The highest BCUT2D eigenvalue weighted by Gasteiger charge is 2.06. The average molecular weight is 286 g/mol. The summed E-state index contributed by atoms with van der Waals surface area (Å²) in [5, 5.41) is 0.913. The third-order valence-corrected chi connectivity index (χ3v) is 3.90. The van der Waals surface area contributed by atoms with Crippen LogP contribution in [0.4, 0.5) is 5.69 Å². The first kappa shape index (κ1) is 12.7. The van der Waals surface area contributed by atoms with E-state index in [1.807, 2.05) is 42.5 Å². The van der Waals surface area contributed by atoms with Crippen molar-refractivity contribution in [3.05, 3.63) is 47.5 Å². The van der Waals surface area contributed by atoms with E-state index in [1.165, 1.54) is 0 Å². The molecule has 0 fully saturated rings. The van der Waals surface area contributed by atoms with Gasteiger partial charge in [-0.05, 0) is 30.3 Å². The minimum Gasteiger partial charge on any atom is -0.497 e. The molecule has 0 aliphatic heterocycles. The molecule has 3 aromatic rings. The highest BCUT2D eigenvalue weighted by atomic mass is 32.1. The predicted octanol–water partition coefficient (Wildman–Crippen LogP) is 3.47. The van der Waals surface area contributed by atoms with Crippen molar-refractivity contribution in [1.29, 1.82) is 0 Å². The van der Waals surface area contributed by atoms with E-state index in [1.54, 1.807) is 18.4 Å². The molecule has 5 heteroatoms. The molecule has 0 radical (unpaired) electrons. The molecule has 0 bridgehead atoms. The van der Waals surface area contributed by atoms with Crippen LogP contribution in [0.15, 0.2) is 42.5 Å². The molecule has 2 aromatic carbocycles. The number of para-hydroxylation sites is 2. The average Bonchev–Trinajstić information content (AvgIpc) is 2.88. The molecule has 0 unspecified atom stereocenters. The van der Waals surface area contributed by atoms with E-state index in [4.69, 9.17) is 15.2 Å². The second-order valence-corrected chi connectivity index (χ2v) is 5.38. The first-order valence-corrected chi connectivity index (χ1v) is 6.98. The lowest BCUT2D eigenvalue weighted by Crippen LogP contribution is -1.97. The van der Waals surface area contributed by atoms with Crippen LogP contribution >= 0.6 is 11.3 Å². The van der Waals surface area contributed by atoms with Crippen LogP contribution in [0, 0.1) is 0 Å². The number of nitrogen functional groups attached to an aromatic ring is 1. The molecule has 2 N–H and O–H groups in total. The highest BCUT2D eigenvalue weighted by Crippen LogP contribution is 2.28. The van der Waals surface area contributed by atoms with Gasteiger partial charge in [0.15, 0.2) is 0 Å². The van der Waals surface area contributed by atoms with Crippen LogP contribution in [0.5, 0.6) is 11.5 Å². The Hall–Kier alpha value is -2.27. The molecule has 0 saturated carbocycles. The number of aromatic nitrogens is 1. The van der Waals surface area contributed by atoms with Gasteiger partial charge in [0.1, 0.15) is 23.1 Å². The van der Waals surface area contributed by atoms with E-state index in [9.17, 15) is 0 Å². The van der Waals surface area contributed by atoms with Gasteiger partial charge in [0, 0.05) is 0 Å². The summed E-state index contributed by atoms with van der Waals surface area (Å²) >= 11 is 1.59. The van der Waals surface area contributed by atoms with Crippen LogP contribution in [-0.2, 0) is 6.61 Å². The van der Waals surface area contributed by atoms with Crippen LogP contribution in [-0.4, -0.2) is 12.1 Å². The monoisotopic (exact) mass is 286 g/mol. The van der Waals surface area contributed by atoms with Crippen molar-refractivity contribution in [2.75, 3.05) is 12.8 Å². The van der Waals surface area contributed by atoms with Crippen LogP contribution < -0.4 is 15.2 Å². The van der Waals surface area contributed by atoms with E-state index in [0.717, 1.165) is 21.0 Å². The second-order valence-electron chi connectivity index (χ2n) is 4.27. The first-order valence-electron chi connectivity index (χ1n) is 6.17. The van der Waals surface area contributed by atoms with Crippen molar-refractivity contribution in [2.24, 2.45) is 0 Å². The van der Waals surface area contributed by atoms with Crippen molar-refractivity contribution in [3.63, 3.8) is 0 Å². The number of nitrogens with zero attached hydrogens (tertiary/aromatic N) is 1. The van der Waals surface area contributed by atoms with Gasteiger partial charge in [0.2, 0.25) is 0 Å². The number of methoxy groups -OCH3 is 1. The number of benzene rings is 2. The number of ether oxygens (including phenoxy) is 2. The van der Waals surface area contributed by atoms with Crippen LogP contribution in [0.1, 0.15) is 5.01 Å². The third kappa shape index (κ3) is 2.53. The van der Waals surface area contributed by atoms with Gasteiger partial charge < -0.3 is 15.2 Å². The summed E-state index contributed by atoms with van der Waals surface area (Å²) in [6.07, 6.45) is 0. The number of fused-ring (bicyclic) bond motifs is 1. The zero-order chi connectivity index (χ0) is 13.9. The Morgan fingerprint density at radius 2 is 2.05 bits per heavy atom. The lowest BCUT2D eigenvalue weighted by atomic mass is 10.3. The van der Waals surface area contributed by atoms with E-state index >= 15 is 0 Å². The minimum absolute atomic E-state index is 0.413. The van der Waals surface area contributed by atoms with Crippen LogP contribution in [0.2, 0.25) is 0 Å². The molecule has 1 aromatic heterocycles. The smallest absolute Gasteiger partial charge is 0.142 e. The summed E-state index contributed by atoms with van der Waals surface area (Å²) in [7, 11) is 1.66. The Kier molecular flexibility index (Phi) is 3.43. The van der Waals surface area contributed by atoms with Crippen molar-refractivity contribution in [3.8, 4) is 11.5 Å². The molecule has 0 saturated heterocycles. The van der Waals surface area contributed by atoms with Gasteiger partial charge in [-0.3, -0.25) is 0 Å². The Labute approximate surface area is 120 Å². The van der Waals surface area contributed by atoms with Crippen LogP contribution in [0.25, 0.3) is 10.2 Å². The quantitative estimate of drug-likeness (QED) is 0.746. The molecule has 1 heterocycles. The largest absolute Gasteiger partial charge is 0.497 e. The van der Waals surface area contributed by atoms with Crippen molar-refractivity contribution in [2.45, 2.75) is 6.61 Å². The van der Waals surface area contributed by atoms with Gasteiger partial charge in [0.05, 0.1) is 23.0 Å². The SMILES string of the molecule is COc1ccc2nc(COc3ccccc3N)sc2c1. The Bertz CT molecular complexity index is 740. The molecule has 20 heavy (non-hydrogen) atoms. The van der Waals surface area contributed by atoms with Gasteiger partial charge in [-0.25, -0.2) is 4.98 Å². The van der Waals surface area contributed by atoms with E-state index in [0.29, 0.717) is 18.0 Å². The number of anilines is 1. The molecule has 0 aliphatic rings. The van der Waals surface area contributed by atoms with Gasteiger partial charge in [-0.2, -0.15) is 0 Å². The summed E-state index contributed by atoms with van der Waals surface area (Å²) in [5.41, 5.74) is 7.43. The molecule has 0 atom stereocenters. The number of hydrogen-bond acceptors (Lipinski definition) is 5. The van der Waals surface area contributed by atoms with Crippen molar-refractivity contribution < 1.29 is 9.47 Å². The molecule has 102 valence electrons. The number of hydrogen-bond donors (Lipinski definition) is 1. The molecule has 3 rings (SSSR count).